The quantitative estimate of drug-likeness (QED) is 0.542. The zero-order chi connectivity index (χ0) is 18.1. The van der Waals surface area contributed by atoms with E-state index in [1.165, 1.54) is 0 Å². The molecule has 1 spiro atoms. The second-order valence-electron chi connectivity index (χ2n) is 7.15. The van der Waals surface area contributed by atoms with Crippen molar-refractivity contribution in [2.75, 3.05) is 19.6 Å². The Kier molecular flexibility index (Phi) is 4.88. The molecule has 2 saturated heterocycles. The smallest absolute Gasteiger partial charge is 0.312 e. The van der Waals surface area contributed by atoms with Gasteiger partial charge in [0, 0.05) is 9.99 Å². The fraction of sp³-hybridized carbons (Fsp3) is 0.400. The van der Waals surface area contributed by atoms with Gasteiger partial charge in [-0.3, -0.25) is 9.59 Å². The number of nitrogens with one attached hydrogen (secondary N) is 2. The molecule has 2 heterocycles. The highest BCUT2D eigenvalue weighted by molar-refractivity contribution is 14.1. The van der Waals surface area contributed by atoms with Gasteiger partial charge in [-0.1, -0.05) is 24.3 Å². The predicted molar refractivity (Wildman–Crippen MR) is 108 cm³/mol. The van der Waals surface area contributed by atoms with Crippen LogP contribution in [0.1, 0.15) is 29.6 Å². The Labute approximate surface area is 166 Å². The monoisotopic (exact) mass is 464 g/mol. The number of esters is 1. The van der Waals surface area contributed by atoms with Gasteiger partial charge < -0.3 is 15.4 Å². The number of cyclic esters (lactones) is 1. The summed E-state index contributed by atoms with van der Waals surface area (Å²) in [5.74, 6) is -0.221. The van der Waals surface area contributed by atoms with E-state index in [0.717, 1.165) is 40.3 Å². The molecule has 0 radical (unpaired) electrons. The van der Waals surface area contributed by atoms with Crippen LogP contribution in [0.15, 0.2) is 36.4 Å². The fourth-order valence-corrected chi connectivity index (χ4v) is 4.69. The van der Waals surface area contributed by atoms with Gasteiger partial charge in [0.1, 0.15) is 6.10 Å². The summed E-state index contributed by atoms with van der Waals surface area (Å²) in [6, 6.07) is 11.9. The van der Waals surface area contributed by atoms with Crippen molar-refractivity contribution in [3.8, 4) is 0 Å². The minimum absolute atomic E-state index is 0.0986. The number of ether oxygens (including phenoxy) is 1. The second-order valence-corrected chi connectivity index (χ2v) is 8.31. The Morgan fingerprint density at radius 1 is 1.23 bits per heavy atom. The molecule has 0 bridgehead atoms. The van der Waals surface area contributed by atoms with Gasteiger partial charge in [-0.2, -0.15) is 0 Å². The van der Waals surface area contributed by atoms with Crippen molar-refractivity contribution in [2.24, 2.45) is 5.41 Å². The first-order valence-electron chi connectivity index (χ1n) is 8.96. The van der Waals surface area contributed by atoms with Crippen molar-refractivity contribution in [1.82, 2.24) is 10.6 Å². The molecule has 1 atom stereocenters. The molecule has 0 aromatic heterocycles. The maximum absolute atomic E-state index is 12.6. The predicted octanol–water partition coefficient (Wildman–Crippen LogP) is 2.86. The summed E-state index contributed by atoms with van der Waals surface area (Å²) < 4.78 is 6.47. The number of carbonyl (C=O) groups is 2. The lowest BCUT2D eigenvalue weighted by Gasteiger charge is -2.29. The Balaban J connectivity index is 1.43. The van der Waals surface area contributed by atoms with Crippen LogP contribution in [0.5, 0.6) is 0 Å². The van der Waals surface area contributed by atoms with E-state index >= 15 is 0 Å². The Morgan fingerprint density at radius 3 is 2.65 bits per heavy atom. The van der Waals surface area contributed by atoms with Crippen molar-refractivity contribution in [1.29, 1.82) is 0 Å². The molecule has 1 amide bonds. The molecule has 0 saturated carbocycles. The standard InChI is InChI=1S/C20H21IN2O3/c21-17-10-14-4-2-1-3-13(14)9-16(17)18(24)23-12-15-11-20(19(25)26-15)5-7-22-8-6-20/h1-4,9-10,15,22H,5-8,11-12H2,(H,23,24). The van der Waals surface area contributed by atoms with Crippen LogP contribution in [-0.4, -0.2) is 37.6 Å². The molecular formula is C20H21IN2O3. The van der Waals surface area contributed by atoms with Gasteiger partial charge >= 0.3 is 5.97 Å². The van der Waals surface area contributed by atoms with Crippen molar-refractivity contribution < 1.29 is 14.3 Å². The van der Waals surface area contributed by atoms with Crippen molar-refractivity contribution in [3.05, 3.63) is 45.5 Å². The van der Waals surface area contributed by atoms with Gasteiger partial charge in [0.25, 0.3) is 5.91 Å². The summed E-state index contributed by atoms with van der Waals surface area (Å²) in [6.45, 7) is 2.07. The maximum Gasteiger partial charge on any atom is 0.312 e. The van der Waals surface area contributed by atoms with Gasteiger partial charge in [0.05, 0.1) is 17.5 Å². The average molecular weight is 464 g/mol. The molecule has 0 aliphatic carbocycles. The summed E-state index contributed by atoms with van der Waals surface area (Å²) in [6.07, 6.45) is 2.10. The highest BCUT2D eigenvalue weighted by atomic mass is 127. The number of fused-ring (bicyclic) bond motifs is 1. The molecule has 4 rings (SSSR count). The van der Waals surface area contributed by atoms with E-state index in [1.54, 1.807) is 0 Å². The average Bonchev–Trinajstić information content (AvgIpc) is 2.94. The zero-order valence-corrected chi connectivity index (χ0v) is 16.5. The first kappa shape index (κ1) is 17.7. The Hall–Kier alpha value is -1.67. The molecule has 2 aromatic rings. The highest BCUT2D eigenvalue weighted by Gasteiger charge is 2.49. The largest absolute Gasteiger partial charge is 0.460 e. The van der Waals surface area contributed by atoms with Crippen molar-refractivity contribution in [3.63, 3.8) is 0 Å². The van der Waals surface area contributed by atoms with Crippen LogP contribution in [-0.2, 0) is 9.53 Å². The summed E-state index contributed by atoms with van der Waals surface area (Å²) in [5.41, 5.74) is 0.308. The molecule has 2 fully saturated rings. The number of benzene rings is 2. The minimum Gasteiger partial charge on any atom is -0.460 e. The van der Waals surface area contributed by atoms with E-state index in [4.69, 9.17) is 4.74 Å². The first-order valence-corrected chi connectivity index (χ1v) is 10.0. The lowest BCUT2D eigenvalue weighted by molar-refractivity contribution is -0.149. The summed E-state index contributed by atoms with van der Waals surface area (Å²) in [4.78, 5) is 25.0. The fourth-order valence-electron chi connectivity index (χ4n) is 3.95. The van der Waals surface area contributed by atoms with E-state index in [1.807, 2.05) is 36.4 Å². The van der Waals surface area contributed by atoms with Gasteiger partial charge in [-0.05, 0) is 71.4 Å². The van der Waals surface area contributed by atoms with E-state index in [9.17, 15) is 9.59 Å². The van der Waals surface area contributed by atoms with Gasteiger partial charge in [-0.15, -0.1) is 0 Å². The van der Waals surface area contributed by atoms with Crippen molar-refractivity contribution in [2.45, 2.75) is 25.4 Å². The maximum atomic E-state index is 12.6. The highest BCUT2D eigenvalue weighted by Crippen LogP contribution is 2.41. The lowest BCUT2D eigenvalue weighted by atomic mass is 9.76. The summed E-state index contributed by atoms with van der Waals surface area (Å²) >= 11 is 2.19. The lowest BCUT2D eigenvalue weighted by Crippen LogP contribution is -2.39. The topological polar surface area (TPSA) is 67.4 Å². The van der Waals surface area contributed by atoms with E-state index in [2.05, 4.69) is 33.2 Å². The first-order chi connectivity index (χ1) is 12.6. The van der Waals surface area contributed by atoms with E-state index in [0.29, 0.717) is 18.5 Å². The number of hydrogen-bond donors (Lipinski definition) is 2. The van der Waals surface area contributed by atoms with Gasteiger partial charge in [0.15, 0.2) is 0 Å². The van der Waals surface area contributed by atoms with Crippen molar-refractivity contribution >= 4 is 45.2 Å². The molecular weight excluding hydrogens is 443 g/mol. The van der Waals surface area contributed by atoms with Gasteiger partial charge in [-0.25, -0.2) is 0 Å². The second kappa shape index (κ2) is 7.15. The van der Waals surface area contributed by atoms with Crippen LogP contribution >= 0.6 is 22.6 Å². The normalized spacial score (nSPS) is 21.7. The number of halogens is 1. The molecule has 2 aromatic carbocycles. The van der Waals surface area contributed by atoms with E-state index in [-0.39, 0.29) is 23.4 Å². The van der Waals surface area contributed by atoms with E-state index < -0.39 is 0 Å². The number of piperidine rings is 1. The third-order valence-corrected chi connectivity index (χ3v) is 6.35. The van der Waals surface area contributed by atoms with Crippen LogP contribution in [0.4, 0.5) is 0 Å². The number of rotatable bonds is 3. The molecule has 2 aliphatic rings. The number of hydrogen-bond acceptors (Lipinski definition) is 4. The van der Waals surface area contributed by atoms with Crippen LogP contribution < -0.4 is 10.6 Å². The Morgan fingerprint density at radius 2 is 1.92 bits per heavy atom. The van der Waals surface area contributed by atoms with Crippen LogP contribution in [0.25, 0.3) is 10.8 Å². The van der Waals surface area contributed by atoms with Crippen LogP contribution in [0, 0.1) is 8.99 Å². The van der Waals surface area contributed by atoms with Crippen LogP contribution in [0.2, 0.25) is 0 Å². The molecule has 5 nitrogen and oxygen atoms in total. The molecule has 2 N–H and O–H groups in total. The van der Waals surface area contributed by atoms with Gasteiger partial charge in [0.2, 0.25) is 0 Å². The third kappa shape index (κ3) is 3.32. The third-order valence-electron chi connectivity index (χ3n) is 5.46. The Bertz CT molecular complexity index is 861. The minimum atomic E-state index is -0.349. The molecule has 1 unspecified atom stereocenters. The molecule has 6 heteroatoms. The molecule has 136 valence electrons. The zero-order valence-electron chi connectivity index (χ0n) is 14.4. The summed E-state index contributed by atoms with van der Waals surface area (Å²) in [7, 11) is 0. The summed E-state index contributed by atoms with van der Waals surface area (Å²) in [5, 5.41) is 8.40. The SMILES string of the molecule is O=C(NCC1CC2(CCNCC2)C(=O)O1)c1cc2ccccc2cc1I. The van der Waals surface area contributed by atoms with Crippen LogP contribution in [0.3, 0.4) is 0 Å². The molecule has 2 aliphatic heterocycles. The number of carbonyl (C=O) groups excluding carboxylic acids is 2. The number of amides is 1. The molecule has 26 heavy (non-hydrogen) atoms.